The highest BCUT2D eigenvalue weighted by molar-refractivity contribution is 6.31. The van der Waals surface area contributed by atoms with Crippen LogP contribution in [0.15, 0.2) is 6.07 Å². The zero-order valence-corrected chi connectivity index (χ0v) is 13.5. The molecule has 0 fully saturated rings. The maximum absolute atomic E-state index is 6.48. The summed E-state index contributed by atoms with van der Waals surface area (Å²) in [7, 11) is 0. The van der Waals surface area contributed by atoms with Crippen molar-refractivity contribution < 1.29 is 0 Å². The molecule has 0 bridgehead atoms. The molecule has 0 aliphatic heterocycles. The number of aromatic nitrogens is 3. The molecule has 1 aliphatic carbocycles. The number of alkyl halides is 1. The van der Waals surface area contributed by atoms with Gasteiger partial charge in [0.05, 0.1) is 16.4 Å². The molecular weight excluding hydrogens is 317 g/mol. The molecule has 2 aromatic rings. The fourth-order valence-corrected chi connectivity index (χ4v) is 3.28. The van der Waals surface area contributed by atoms with E-state index < -0.39 is 0 Å². The number of rotatable bonds is 1. The van der Waals surface area contributed by atoms with Crippen molar-refractivity contribution in [1.29, 1.82) is 0 Å². The number of halogens is 3. The lowest BCUT2D eigenvalue weighted by molar-refractivity contribution is 0.678. The second-order valence-electron chi connectivity index (χ2n) is 5.16. The number of hydrogen-bond donors (Lipinski definition) is 0. The molecule has 0 amide bonds. The van der Waals surface area contributed by atoms with Gasteiger partial charge in [0.2, 0.25) is 0 Å². The van der Waals surface area contributed by atoms with Crippen molar-refractivity contribution in [3.63, 3.8) is 0 Å². The number of nitrogens with zero attached hydrogens (tertiary/aromatic N) is 3. The summed E-state index contributed by atoms with van der Waals surface area (Å²) >= 11 is 18.8. The van der Waals surface area contributed by atoms with Crippen molar-refractivity contribution in [3.8, 4) is 5.82 Å². The van der Waals surface area contributed by atoms with Crippen LogP contribution in [0.3, 0.4) is 0 Å². The Morgan fingerprint density at radius 2 is 2.05 bits per heavy atom. The highest BCUT2D eigenvalue weighted by Gasteiger charge is 2.25. The van der Waals surface area contributed by atoms with Gasteiger partial charge in [-0.15, -0.1) is 11.6 Å². The summed E-state index contributed by atoms with van der Waals surface area (Å²) < 4.78 is 1.71. The van der Waals surface area contributed by atoms with E-state index in [1.54, 1.807) is 4.68 Å². The van der Waals surface area contributed by atoms with E-state index in [2.05, 4.69) is 10.1 Å². The third kappa shape index (κ3) is 2.32. The zero-order valence-electron chi connectivity index (χ0n) is 11.3. The van der Waals surface area contributed by atoms with Crippen molar-refractivity contribution >= 4 is 34.8 Å². The highest BCUT2D eigenvalue weighted by atomic mass is 35.5. The predicted octanol–water partition coefficient (Wildman–Crippen LogP) is 4.29. The number of fused-ring (bicyclic) bond motifs is 1. The van der Waals surface area contributed by atoms with Crippen LogP contribution in [0.25, 0.3) is 5.82 Å². The van der Waals surface area contributed by atoms with Crippen LogP contribution >= 0.6 is 34.8 Å². The molecule has 0 saturated carbocycles. The molecule has 3 nitrogen and oxygen atoms in total. The van der Waals surface area contributed by atoms with E-state index in [-0.39, 0.29) is 5.38 Å². The summed E-state index contributed by atoms with van der Waals surface area (Å²) in [6, 6.07) is 1.89. The summed E-state index contributed by atoms with van der Waals surface area (Å²) in [5.41, 5.74) is 3.80. The lowest BCUT2D eigenvalue weighted by Crippen LogP contribution is -2.12. The largest absolute Gasteiger partial charge is 0.232 e. The molecular formula is C14H14Cl3N3. The standard InChI is InChI=1S/C14H14Cl3N3/c1-7-5-11(16)8(2)18-14(7)20-13(17)10-6-9(15)3-4-12(10)19-20/h5,9H,3-4,6H2,1-2H3. The van der Waals surface area contributed by atoms with Crippen LogP contribution in [0.2, 0.25) is 10.2 Å². The summed E-state index contributed by atoms with van der Waals surface area (Å²) in [6.45, 7) is 3.83. The SMILES string of the molecule is Cc1cc(Cl)c(C)nc1-n1nc2c(c1Cl)CC(Cl)CC2. The Morgan fingerprint density at radius 3 is 2.80 bits per heavy atom. The predicted molar refractivity (Wildman–Crippen MR) is 82.5 cm³/mol. The van der Waals surface area contributed by atoms with E-state index in [0.29, 0.717) is 10.2 Å². The maximum atomic E-state index is 6.48. The van der Waals surface area contributed by atoms with Gasteiger partial charge in [-0.3, -0.25) is 0 Å². The minimum Gasteiger partial charge on any atom is -0.232 e. The molecule has 106 valence electrons. The maximum Gasteiger partial charge on any atom is 0.158 e. The smallest absolute Gasteiger partial charge is 0.158 e. The molecule has 20 heavy (non-hydrogen) atoms. The Bertz CT molecular complexity index is 679. The van der Waals surface area contributed by atoms with Gasteiger partial charge in [-0.25, -0.2) is 9.67 Å². The average Bonchev–Trinajstić information content (AvgIpc) is 2.71. The minimum absolute atomic E-state index is 0.138. The fraction of sp³-hybridized carbons (Fsp3) is 0.429. The van der Waals surface area contributed by atoms with Crippen LogP contribution in [-0.4, -0.2) is 20.1 Å². The highest BCUT2D eigenvalue weighted by Crippen LogP contribution is 2.32. The second kappa shape index (κ2) is 5.21. The lowest BCUT2D eigenvalue weighted by Gasteiger charge is -2.14. The van der Waals surface area contributed by atoms with E-state index in [4.69, 9.17) is 34.8 Å². The quantitative estimate of drug-likeness (QED) is 0.730. The van der Waals surface area contributed by atoms with Gasteiger partial charge in [-0.2, -0.15) is 5.10 Å². The van der Waals surface area contributed by atoms with Crippen molar-refractivity contribution in [1.82, 2.24) is 14.8 Å². The van der Waals surface area contributed by atoms with Gasteiger partial charge in [-0.1, -0.05) is 23.2 Å². The molecule has 2 heterocycles. The molecule has 0 saturated heterocycles. The molecule has 1 aliphatic rings. The molecule has 1 unspecified atom stereocenters. The first-order valence-electron chi connectivity index (χ1n) is 6.52. The lowest BCUT2D eigenvalue weighted by atomic mass is 9.98. The second-order valence-corrected chi connectivity index (χ2v) is 6.55. The third-order valence-corrected chi connectivity index (χ3v) is 4.78. The Balaban J connectivity index is 2.14. The monoisotopic (exact) mass is 329 g/mol. The third-order valence-electron chi connectivity index (χ3n) is 3.64. The first kappa shape index (κ1) is 14.2. The Kier molecular flexibility index (Phi) is 3.69. The summed E-state index contributed by atoms with van der Waals surface area (Å²) in [6.07, 6.45) is 2.57. The van der Waals surface area contributed by atoms with Gasteiger partial charge in [0.15, 0.2) is 5.82 Å². The van der Waals surface area contributed by atoms with Crippen LogP contribution in [-0.2, 0) is 12.8 Å². The van der Waals surface area contributed by atoms with Crippen LogP contribution in [0.1, 0.15) is 28.9 Å². The Hall–Kier alpha value is -0.770. The topological polar surface area (TPSA) is 30.7 Å². The first-order valence-corrected chi connectivity index (χ1v) is 7.71. The fourth-order valence-electron chi connectivity index (χ4n) is 2.51. The van der Waals surface area contributed by atoms with Gasteiger partial charge < -0.3 is 0 Å². The van der Waals surface area contributed by atoms with Gasteiger partial charge in [0, 0.05) is 10.9 Å². The van der Waals surface area contributed by atoms with Gasteiger partial charge in [-0.05, 0) is 44.7 Å². The van der Waals surface area contributed by atoms with E-state index in [9.17, 15) is 0 Å². The summed E-state index contributed by atoms with van der Waals surface area (Å²) in [4.78, 5) is 4.52. The van der Waals surface area contributed by atoms with Crippen LogP contribution in [0, 0.1) is 13.8 Å². The molecule has 0 radical (unpaired) electrons. The first-order chi connectivity index (χ1) is 9.47. The molecule has 3 rings (SSSR count). The zero-order chi connectivity index (χ0) is 14.4. The van der Waals surface area contributed by atoms with Gasteiger partial charge >= 0.3 is 0 Å². The number of hydrogen-bond acceptors (Lipinski definition) is 2. The summed E-state index contributed by atoms with van der Waals surface area (Å²) in [5, 5.41) is 6.01. The Morgan fingerprint density at radius 1 is 1.30 bits per heavy atom. The molecule has 6 heteroatoms. The van der Waals surface area contributed by atoms with Crippen LogP contribution < -0.4 is 0 Å². The molecule has 1 atom stereocenters. The van der Waals surface area contributed by atoms with Crippen LogP contribution in [0.5, 0.6) is 0 Å². The van der Waals surface area contributed by atoms with Crippen molar-refractivity contribution in [2.75, 3.05) is 0 Å². The average molecular weight is 331 g/mol. The van der Waals surface area contributed by atoms with E-state index in [1.807, 2.05) is 19.9 Å². The van der Waals surface area contributed by atoms with Gasteiger partial charge in [0.25, 0.3) is 0 Å². The van der Waals surface area contributed by atoms with Crippen molar-refractivity contribution in [2.45, 2.75) is 38.5 Å². The molecule has 0 aromatic carbocycles. The van der Waals surface area contributed by atoms with E-state index >= 15 is 0 Å². The van der Waals surface area contributed by atoms with E-state index in [0.717, 1.165) is 47.6 Å². The van der Waals surface area contributed by atoms with Crippen molar-refractivity contribution in [3.05, 3.63) is 38.8 Å². The van der Waals surface area contributed by atoms with Crippen LogP contribution in [0.4, 0.5) is 0 Å². The summed E-state index contributed by atoms with van der Waals surface area (Å²) in [5.74, 6) is 0.734. The van der Waals surface area contributed by atoms with Gasteiger partial charge in [0.1, 0.15) is 5.15 Å². The molecule has 0 N–H and O–H groups in total. The van der Waals surface area contributed by atoms with E-state index in [1.165, 1.54) is 0 Å². The molecule has 2 aromatic heterocycles. The molecule has 0 spiro atoms. The van der Waals surface area contributed by atoms with Crippen molar-refractivity contribution in [2.24, 2.45) is 0 Å². The number of aryl methyl sites for hydroxylation is 3. The number of pyridine rings is 1. The minimum atomic E-state index is 0.138. The normalized spacial score (nSPS) is 18.1. The Labute approximate surface area is 132 Å².